The molecule has 0 bridgehead atoms. The number of allylic oxidation sites excluding steroid dienone is 2. The van der Waals surface area contributed by atoms with Crippen LogP contribution in [0.25, 0.3) is 6.08 Å². The summed E-state index contributed by atoms with van der Waals surface area (Å²) in [6, 6.07) is 8.07. The van der Waals surface area contributed by atoms with Crippen molar-refractivity contribution in [1.29, 1.82) is 0 Å². The highest BCUT2D eigenvalue weighted by molar-refractivity contribution is 5.86. The van der Waals surface area contributed by atoms with Gasteiger partial charge in [0.05, 0.1) is 18.6 Å². The first-order valence-corrected chi connectivity index (χ1v) is 10.5. The average molecular weight is 421 g/mol. The number of fused-ring (bicyclic) bond motifs is 1. The van der Waals surface area contributed by atoms with Crippen molar-refractivity contribution < 1.29 is 19.1 Å². The minimum absolute atomic E-state index is 0.270. The number of ether oxygens (including phenoxy) is 2. The van der Waals surface area contributed by atoms with Crippen molar-refractivity contribution in [2.45, 2.75) is 38.7 Å². The number of carbonyl (C=O) groups is 2. The Bertz CT molecular complexity index is 1000. The zero-order valence-electron chi connectivity index (χ0n) is 18.0. The maximum absolute atomic E-state index is 12.4. The zero-order valence-corrected chi connectivity index (χ0v) is 18.0. The lowest BCUT2D eigenvalue weighted by atomic mass is 9.92. The number of imidazole rings is 1. The third kappa shape index (κ3) is 7.10. The second-order valence-electron chi connectivity index (χ2n) is 7.47. The molecule has 6 heteroatoms. The molecule has 162 valence electrons. The lowest BCUT2D eigenvalue weighted by Gasteiger charge is -2.19. The molecule has 0 spiro atoms. The van der Waals surface area contributed by atoms with Crippen LogP contribution in [-0.2, 0) is 39.0 Å². The molecule has 1 unspecified atom stereocenters. The van der Waals surface area contributed by atoms with Crippen LogP contribution < -0.4 is 0 Å². The molecule has 0 aliphatic heterocycles. The molecule has 0 N–H and O–H groups in total. The Morgan fingerprint density at radius 3 is 2.74 bits per heavy atom. The lowest BCUT2D eigenvalue weighted by molar-refractivity contribution is -0.142. The molecule has 1 aliphatic rings. The smallest absolute Gasteiger partial charge is 0.331 e. The molecule has 2 aromatic rings. The van der Waals surface area contributed by atoms with Gasteiger partial charge < -0.3 is 14.0 Å². The van der Waals surface area contributed by atoms with Crippen LogP contribution in [0.4, 0.5) is 0 Å². The van der Waals surface area contributed by atoms with E-state index >= 15 is 0 Å². The number of rotatable bonds is 5. The molecule has 0 radical (unpaired) electrons. The molecular weight excluding hydrogens is 392 g/mol. The zero-order chi connectivity index (χ0) is 22.1. The predicted molar refractivity (Wildman–Crippen MR) is 119 cm³/mol. The Balaban J connectivity index is 1.73. The minimum atomic E-state index is -0.388. The molecule has 1 aromatic carbocycles. The summed E-state index contributed by atoms with van der Waals surface area (Å²) in [4.78, 5) is 28.5. The fourth-order valence-electron chi connectivity index (χ4n) is 3.48. The monoisotopic (exact) mass is 420 g/mol. The molecule has 0 fully saturated rings. The molecule has 1 atom stereocenters. The Morgan fingerprint density at radius 2 is 2.00 bits per heavy atom. The number of nitrogens with zero attached hydrogens (tertiary/aromatic N) is 2. The average Bonchev–Trinajstić information content (AvgIpc) is 3.16. The summed E-state index contributed by atoms with van der Waals surface area (Å²) in [6.45, 7) is 2.16. The van der Waals surface area contributed by atoms with Gasteiger partial charge >= 0.3 is 11.9 Å². The van der Waals surface area contributed by atoms with Gasteiger partial charge in [0.25, 0.3) is 0 Å². The number of hydrogen-bond acceptors (Lipinski definition) is 5. The topological polar surface area (TPSA) is 70.4 Å². The highest BCUT2D eigenvalue weighted by Crippen LogP contribution is 2.22. The van der Waals surface area contributed by atoms with Crippen LogP contribution >= 0.6 is 0 Å². The summed E-state index contributed by atoms with van der Waals surface area (Å²) in [5.74, 6) is -0.701. The second-order valence-corrected chi connectivity index (χ2v) is 7.47. The van der Waals surface area contributed by atoms with Gasteiger partial charge in [-0.1, -0.05) is 42.0 Å². The van der Waals surface area contributed by atoms with Gasteiger partial charge in [0.2, 0.25) is 0 Å². The molecule has 0 saturated carbocycles. The fraction of sp³-hybridized carbons (Fsp3) is 0.320. The summed E-state index contributed by atoms with van der Waals surface area (Å²) >= 11 is 0. The first-order chi connectivity index (χ1) is 15.0. The van der Waals surface area contributed by atoms with Gasteiger partial charge in [-0.15, -0.1) is 0 Å². The Hall–Kier alpha value is -3.41. The van der Waals surface area contributed by atoms with Crippen molar-refractivity contribution in [2.75, 3.05) is 6.61 Å². The van der Waals surface area contributed by atoms with E-state index in [-0.39, 0.29) is 18.0 Å². The van der Waals surface area contributed by atoms with E-state index in [0.29, 0.717) is 38.0 Å². The van der Waals surface area contributed by atoms with Gasteiger partial charge in [-0.3, -0.25) is 0 Å². The van der Waals surface area contributed by atoms with Crippen molar-refractivity contribution in [3.8, 4) is 0 Å². The SMILES string of the molecule is CCOC(=O)C=C1C/C=C\CC(OC(=O)/C=C/c2cn(C)cn2)Cc2ccccc2C1. The number of hydrogen-bond donors (Lipinski definition) is 0. The van der Waals surface area contributed by atoms with Crippen molar-refractivity contribution in [1.82, 2.24) is 9.55 Å². The van der Waals surface area contributed by atoms with E-state index in [4.69, 9.17) is 9.47 Å². The molecule has 3 rings (SSSR count). The van der Waals surface area contributed by atoms with E-state index in [1.807, 2.05) is 48.2 Å². The van der Waals surface area contributed by atoms with Crippen molar-refractivity contribution in [3.63, 3.8) is 0 Å². The number of aromatic nitrogens is 2. The maximum atomic E-state index is 12.4. The van der Waals surface area contributed by atoms with Crippen molar-refractivity contribution >= 4 is 18.0 Å². The van der Waals surface area contributed by atoms with Gasteiger partial charge in [-0.2, -0.15) is 0 Å². The molecule has 1 aromatic heterocycles. The summed E-state index contributed by atoms with van der Waals surface area (Å²) in [5.41, 5.74) is 3.94. The molecule has 31 heavy (non-hydrogen) atoms. The van der Waals surface area contributed by atoms with Crippen LogP contribution in [0.15, 0.2) is 66.7 Å². The molecular formula is C25H28N2O4. The Kier molecular flexibility index (Phi) is 7.98. The van der Waals surface area contributed by atoms with Gasteiger partial charge in [-0.05, 0) is 37.0 Å². The lowest BCUT2D eigenvalue weighted by Crippen LogP contribution is -2.20. The van der Waals surface area contributed by atoms with Gasteiger partial charge in [0, 0.05) is 38.2 Å². The van der Waals surface area contributed by atoms with Crippen LogP contribution in [-0.4, -0.2) is 34.2 Å². The molecule has 0 amide bonds. The molecule has 6 nitrogen and oxygen atoms in total. The van der Waals surface area contributed by atoms with E-state index < -0.39 is 0 Å². The van der Waals surface area contributed by atoms with Crippen LogP contribution in [0.3, 0.4) is 0 Å². The summed E-state index contributed by atoms with van der Waals surface area (Å²) in [6.07, 6.45) is 14.4. The number of esters is 2. The summed E-state index contributed by atoms with van der Waals surface area (Å²) in [7, 11) is 1.87. The number of aryl methyl sites for hydroxylation is 1. The van der Waals surface area contributed by atoms with E-state index in [1.54, 1.807) is 25.4 Å². The van der Waals surface area contributed by atoms with E-state index in [0.717, 1.165) is 16.7 Å². The third-order valence-corrected chi connectivity index (χ3v) is 4.94. The van der Waals surface area contributed by atoms with Gasteiger partial charge in [0.15, 0.2) is 0 Å². The van der Waals surface area contributed by atoms with Gasteiger partial charge in [-0.25, -0.2) is 14.6 Å². The normalized spacial score (nSPS) is 19.0. The Morgan fingerprint density at radius 1 is 1.19 bits per heavy atom. The second kappa shape index (κ2) is 11.1. The predicted octanol–water partition coefficient (Wildman–Crippen LogP) is 3.97. The van der Waals surface area contributed by atoms with E-state index in [2.05, 4.69) is 11.1 Å². The third-order valence-electron chi connectivity index (χ3n) is 4.94. The highest BCUT2D eigenvalue weighted by Gasteiger charge is 2.17. The summed E-state index contributed by atoms with van der Waals surface area (Å²) in [5, 5.41) is 0. The van der Waals surface area contributed by atoms with E-state index in [1.165, 1.54) is 6.08 Å². The van der Waals surface area contributed by atoms with Crippen molar-refractivity contribution in [2.24, 2.45) is 7.05 Å². The molecule has 1 heterocycles. The molecule has 1 aliphatic carbocycles. The molecule has 0 saturated heterocycles. The van der Waals surface area contributed by atoms with Crippen LogP contribution in [0.2, 0.25) is 0 Å². The minimum Gasteiger partial charge on any atom is -0.463 e. The maximum Gasteiger partial charge on any atom is 0.331 e. The van der Waals surface area contributed by atoms with E-state index in [9.17, 15) is 9.59 Å². The number of carbonyl (C=O) groups excluding carboxylic acids is 2. The Labute approximate surface area is 182 Å². The largest absolute Gasteiger partial charge is 0.463 e. The van der Waals surface area contributed by atoms with Crippen LogP contribution in [0.5, 0.6) is 0 Å². The van der Waals surface area contributed by atoms with Gasteiger partial charge in [0.1, 0.15) is 6.10 Å². The first-order valence-electron chi connectivity index (χ1n) is 10.5. The van der Waals surface area contributed by atoms with Crippen LogP contribution in [0, 0.1) is 0 Å². The van der Waals surface area contributed by atoms with Crippen LogP contribution in [0.1, 0.15) is 36.6 Å². The first kappa shape index (κ1) is 22.3. The number of benzene rings is 1. The van der Waals surface area contributed by atoms with Crippen molar-refractivity contribution in [3.05, 3.63) is 83.5 Å². The highest BCUT2D eigenvalue weighted by atomic mass is 16.5. The quantitative estimate of drug-likeness (QED) is 0.416. The standard InChI is InChI=1S/C25H28N2O4/c1-3-30-25(29)15-19-8-4-7-11-23(16-21-10-6-5-9-20(21)14-19)31-24(28)13-12-22-17-27(2)18-26-22/h4-7,9-10,12-13,15,17-18,23H,3,8,11,14,16H2,1-2H3/b7-4-,13-12+,19-15?. The fourth-order valence-corrected chi connectivity index (χ4v) is 3.48. The summed E-state index contributed by atoms with van der Waals surface area (Å²) < 4.78 is 12.6.